The Balaban J connectivity index is 2.23. The van der Waals surface area contributed by atoms with E-state index in [-0.39, 0.29) is 0 Å². The topological polar surface area (TPSA) is 24.4 Å². The Morgan fingerprint density at radius 1 is 1.67 bits per heavy atom. The lowest BCUT2D eigenvalue weighted by Gasteiger charge is -2.18. The molecule has 1 rings (SSSR count). The zero-order valence-corrected chi connectivity index (χ0v) is 5.93. The molecule has 52 valence electrons. The van der Waals surface area contributed by atoms with Crippen LogP contribution in [0.4, 0.5) is 0 Å². The molecule has 0 aromatic carbocycles. The minimum absolute atomic E-state index is 0.698. The van der Waals surface area contributed by atoms with Crippen LogP contribution in [0, 0.1) is 5.92 Å². The normalized spacial score (nSPS) is 29.2. The molecule has 1 N–H and O–H groups in total. The Morgan fingerprint density at radius 2 is 2.56 bits per heavy atom. The standard InChI is InChI=1S/C7H14N2/c1-8-5-7-3-2-4-9-6-7/h5,7,9H,2-4,6H2,1H3/b8-5+. The molecule has 0 aromatic rings. The predicted molar refractivity (Wildman–Crippen MR) is 40.0 cm³/mol. The van der Waals surface area contributed by atoms with Crippen LogP contribution in [-0.2, 0) is 0 Å². The minimum Gasteiger partial charge on any atom is -0.316 e. The first-order valence-electron chi connectivity index (χ1n) is 3.56. The van der Waals surface area contributed by atoms with Crippen LogP contribution in [0.3, 0.4) is 0 Å². The molecule has 1 unspecified atom stereocenters. The Hall–Kier alpha value is -0.370. The summed E-state index contributed by atoms with van der Waals surface area (Å²) in [6.07, 6.45) is 4.66. The van der Waals surface area contributed by atoms with Gasteiger partial charge >= 0.3 is 0 Å². The highest BCUT2D eigenvalue weighted by atomic mass is 14.9. The summed E-state index contributed by atoms with van der Waals surface area (Å²) in [7, 11) is 1.84. The van der Waals surface area contributed by atoms with Crippen molar-refractivity contribution < 1.29 is 0 Å². The highest BCUT2D eigenvalue weighted by Gasteiger charge is 2.08. The van der Waals surface area contributed by atoms with Gasteiger partial charge in [0.25, 0.3) is 0 Å². The molecule has 1 fully saturated rings. The van der Waals surface area contributed by atoms with Crippen LogP contribution in [0.25, 0.3) is 0 Å². The molecule has 0 amide bonds. The van der Waals surface area contributed by atoms with Crippen LogP contribution in [-0.4, -0.2) is 26.4 Å². The van der Waals surface area contributed by atoms with Crippen molar-refractivity contribution in [2.24, 2.45) is 10.9 Å². The van der Waals surface area contributed by atoms with Gasteiger partial charge < -0.3 is 10.3 Å². The van der Waals surface area contributed by atoms with E-state index in [1.165, 1.54) is 19.4 Å². The van der Waals surface area contributed by atoms with Crippen LogP contribution in [0.2, 0.25) is 0 Å². The van der Waals surface area contributed by atoms with Crippen LogP contribution in [0.15, 0.2) is 4.99 Å². The van der Waals surface area contributed by atoms with Crippen molar-refractivity contribution in [2.75, 3.05) is 20.1 Å². The summed E-state index contributed by atoms with van der Waals surface area (Å²) in [5.74, 6) is 0.698. The SMILES string of the molecule is C/N=C/C1CCCNC1. The van der Waals surface area contributed by atoms with E-state index in [4.69, 9.17) is 0 Å². The average Bonchev–Trinajstić information content (AvgIpc) is 1.91. The average molecular weight is 126 g/mol. The number of hydrogen-bond acceptors (Lipinski definition) is 2. The van der Waals surface area contributed by atoms with Gasteiger partial charge in [0.1, 0.15) is 0 Å². The van der Waals surface area contributed by atoms with E-state index in [1.54, 1.807) is 0 Å². The first-order valence-corrected chi connectivity index (χ1v) is 3.56. The van der Waals surface area contributed by atoms with E-state index in [0.717, 1.165) is 6.54 Å². The summed E-state index contributed by atoms with van der Waals surface area (Å²) >= 11 is 0. The van der Waals surface area contributed by atoms with Crippen molar-refractivity contribution >= 4 is 6.21 Å². The quantitative estimate of drug-likeness (QED) is 0.513. The van der Waals surface area contributed by atoms with Crippen molar-refractivity contribution in [1.29, 1.82) is 0 Å². The smallest absolute Gasteiger partial charge is 0.0273 e. The summed E-state index contributed by atoms with van der Waals surface area (Å²) in [6, 6.07) is 0. The van der Waals surface area contributed by atoms with Gasteiger partial charge in [-0.1, -0.05) is 0 Å². The van der Waals surface area contributed by atoms with Gasteiger partial charge in [-0.25, -0.2) is 0 Å². The number of piperidine rings is 1. The second-order valence-corrected chi connectivity index (χ2v) is 2.51. The van der Waals surface area contributed by atoms with E-state index in [2.05, 4.69) is 10.3 Å². The molecule has 0 spiro atoms. The number of aliphatic imine (C=N–C) groups is 1. The molecule has 1 atom stereocenters. The number of hydrogen-bond donors (Lipinski definition) is 1. The van der Waals surface area contributed by atoms with Crippen molar-refractivity contribution in [2.45, 2.75) is 12.8 Å². The molecule has 0 aromatic heterocycles. The number of nitrogens with zero attached hydrogens (tertiary/aromatic N) is 1. The van der Waals surface area contributed by atoms with Crippen LogP contribution in [0.1, 0.15) is 12.8 Å². The molecule has 0 aliphatic carbocycles. The van der Waals surface area contributed by atoms with Gasteiger partial charge in [0.05, 0.1) is 0 Å². The fourth-order valence-corrected chi connectivity index (χ4v) is 1.22. The molecular formula is C7H14N2. The van der Waals surface area contributed by atoms with Gasteiger partial charge in [0, 0.05) is 25.7 Å². The highest BCUT2D eigenvalue weighted by Crippen LogP contribution is 2.06. The lowest BCUT2D eigenvalue weighted by molar-refractivity contribution is 0.463. The molecule has 2 nitrogen and oxygen atoms in total. The Bertz CT molecular complexity index is 93.1. The molecule has 2 heteroatoms. The van der Waals surface area contributed by atoms with Crippen molar-refractivity contribution in [3.63, 3.8) is 0 Å². The third-order valence-corrected chi connectivity index (χ3v) is 1.69. The van der Waals surface area contributed by atoms with Gasteiger partial charge in [-0.2, -0.15) is 0 Å². The Morgan fingerprint density at radius 3 is 3.11 bits per heavy atom. The summed E-state index contributed by atoms with van der Waals surface area (Å²) in [5, 5.41) is 3.33. The van der Waals surface area contributed by atoms with Gasteiger partial charge in [-0.15, -0.1) is 0 Å². The maximum atomic E-state index is 3.99. The fraction of sp³-hybridized carbons (Fsp3) is 0.857. The monoisotopic (exact) mass is 126 g/mol. The minimum atomic E-state index is 0.698. The number of rotatable bonds is 1. The maximum absolute atomic E-state index is 3.99. The lowest BCUT2D eigenvalue weighted by atomic mass is 10.0. The molecule has 1 saturated heterocycles. The molecule has 0 saturated carbocycles. The third kappa shape index (κ3) is 2.14. The lowest BCUT2D eigenvalue weighted by Crippen LogP contribution is -2.30. The first kappa shape index (κ1) is 6.75. The van der Waals surface area contributed by atoms with Crippen molar-refractivity contribution in [3.05, 3.63) is 0 Å². The number of nitrogens with one attached hydrogen (secondary N) is 1. The predicted octanol–water partition coefficient (Wildman–Crippen LogP) is 0.687. The molecular weight excluding hydrogens is 112 g/mol. The van der Waals surface area contributed by atoms with Gasteiger partial charge in [-0.3, -0.25) is 0 Å². The fourth-order valence-electron chi connectivity index (χ4n) is 1.22. The van der Waals surface area contributed by atoms with Crippen LogP contribution < -0.4 is 5.32 Å². The summed E-state index contributed by atoms with van der Waals surface area (Å²) in [5.41, 5.74) is 0. The largest absolute Gasteiger partial charge is 0.316 e. The zero-order valence-electron chi connectivity index (χ0n) is 5.93. The third-order valence-electron chi connectivity index (χ3n) is 1.69. The highest BCUT2D eigenvalue weighted by molar-refractivity contribution is 5.60. The zero-order chi connectivity index (χ0) is 6.53. The molecule has 1 aliphatic rings. The molecule has 0 radical (unpaired) electrons. The summed E-state index contributed by atoms with van der Waals surface area (Å²) < 4.78 is 0. The summed E-state index contributed by atoms with van der Waals surface area (Å²) in [4.78, 5) is 3.99. The maximum Gasteiger partial charge on any atom is 0.0273 e. The van der Waals surface area contributed by atoms with Crippen molar-refractivity contribution in [3.8, 4) is 0 Å². The Kier molecular flexibility index (Phi) is 2.71. The van der Waals surface area contributed by atoms with E-state index >= 15 is 0 Å². The van der Waals surface area contributed by atoms with Gasteiger partial charge in [-0.05, 0) is 19.4 Å². The van der Waals surface area contributed by atoms with Crippen molar-refractivity contribution in [1.82, 2.24) is 5.32 Å². The first-order chi connectivity index (χ1) is 4.43. The van der Waals surface area contributed by atoms with Crippen LogP contribution in [0.5, 0.6) is 0 Å². The van der Waals surface area contributed by atoms with Gasteiger partial charge in [0.15, 0.2) is 0 Å². The van der Waals surface area contributed by atoms with Crippen LogP contribution >= 0.6 is 0 Å². The molecule has 1 aliphatic heterocycles. The molecule has 1 heterocycles. The molecule has 9 heavy (non-hydrogen) atoms. The summed E-state index contributed by atoms with van der Waals surface area (Å²) in [6.45, 7) is 2.31. The Labute approximate surface area is 56.4 Å². The second-order valence-electron chi connectivity index (χ2n) is 2.51. The van der Waals surface area contributed by atoms with E-state index in [1.807, 2.05) is 13.3 Å². The van der Waals surface area contributed by atoms with E-state index in [9.17, 15) is 0 Å². The van der Waals surface area contributed by atoms with E-state index < -0.39 is 0 Å². The second kappa shape index (κ2) is 3.62. The molecule has 0 bridgehead atoms. The van der Waals surface area contributed by atoms with Gasteiger partial charge in [0.2, 0.25) is 0 Å². The van der Waals surface area contributed by atoms with E-state index in [0.29, 0.717) is 5.92 Å².